The fourth-order valence-corrected chi connectivity index (χ4v) is 6.21. The average molecular weight is 511 g/mol. The number of thiophene rings is 1. The van der Waals surface area contributed by atoms with Crippen molar-refractivity contribution >= 4 is 34.3 Å². The van der Waals surface area contributed by atoms with Gasteiger partial charge in [-0.05, 0) is 76.6 Å². The van der Waals surface area contributed by atoms with E-state index in [1.807, 2.05) is 31.4 Å². The molecule has 190 valence electrons. The van der Waals surface area contributed by atoms with Crippen LogP contribution in [0.4, 0.5) is 4.79 Å². The zero-order valence-electron chi connectivity index (χ0n) is 20.8. The minimum Gasteiger partial charge on any atom is -0.494 e. The number of rotatable bonds is 5. The molecule has 5 rings (SSSR count). The predicted molar refractivity (Wildman–Crippen MR) is 138 cm³/mol. The van der Waals surface area contributed by atoms with Crippen LogP contribution in [0.2, 0.25) is 0 Å². The predicted octanol–water partition coefficient (Wildman–Crippen LogP) is 5.67. The number of benzene rings is 1. The van der Waals surface area contributed by atoms with E-state index in [9.17, 15) is 19.5 Å². The molecule has 2 N–H and O–H groups in total. The van der Waals surface area contributed by atoms with E-state index in [2.05, 4.69) is 11.4 Å². The Morgan fingerprint density at radius 2 is 1.94 bits per heavy atom. The zero-order chi connectivity index (χ0) is 25.8. The minimum absolute atomic E-state index is 0.128. The van der Waals surface area contributed by atoms with Gasteiger partial charge in [-0.15, -0.1) is 11.3 Å². The molecule has 1 aromatic carbocycles. The number of nitrogens with zero attached hydrogens (tertiary/aromatic N) is 1. The van der Waals surface area contributed by atoms with Crippen molar-refractivity contribution in [2.75, 3.05) is 7.11 Å². The number of hydrogen-bond donors (Lipinski definition) is 2. The van der Waals surface area contributed by atoms with Crippen LogP contribution in [0, 0.1) is 0 Å². The summed E-state index contributed by atoms with van der Waals surface area (Å²) in [6, 6.07) is 5.69. The lowest BCUT2D eigenvalue weighted by atomic mass is 9.94. The van der Waals surface area contributed by atoms with Gasteiger partial charge in [-0.2, -0.15) is 0 Å². The summed E-state index contributed by atoms with van der Waals surface area (Å²) < 4.78 is 13.2. The Labute approximate surface area is 212 Å². The molecule has 1 amide bonds. The van der Waals surface area contributed by atoms with E-state index in [0.29, 0.717) is 16.7 Å². The molecule has 3 aromatic rings. The van der Waals surface area contributed by atoms with Crippen LogP contribution in [0.15, 0.2) is 29.2 Å². The zero-order valence-corrected chi connectivity index (χ0v) is 21.7. The third-order valence-electron chi connectivity index (χ3n) is 6.58. The highest BCUT2D eigenvalue weighted by Gasteiger charge is 2.31. The van der Waals surface area contributed by atoms with Crippen LogP contribution >= 0.6 is 11.3 Å². The largest absolute Gasteiger partial charge is 0.494 e. The van der Waals surface area contributed by atoms with Gasteiger partial charge >= 0.3 is 12.1 Å². The molecule has 8 nitrogen and oxygen atoms in total. The quantitative estimate of drug-likeness (QED) is 0.458. The van der Waals surface area contributed by atoms with Gasteiger partial charge in [0.25, 0.3) is 0 Å². The number of carbonyl (C=O) groups is 2. The summed E-state index contributed by atoms with van der Waals surface area (Å²) in [4.78, 5) is 39.2. The molecular weight excluding hydrogens is 480 g/mol. The molecule has 1 atom stereocenters. The molecule has 0 radical (unpaired) electrons. The number of amides is 1. The van der Waals surface area contributed by atoms with Gasteiger partial charge in [0, 0.05) is 27.6 Å². The third-order valence-corrected chi connectivity index (χ3v) is 7.90. The van der Waals surface area contributed by atoms with Crippen molar-refractivity contribution in [2.24, 2.45) is 0 Å². The van der Waals surface area contributed by atoms with Gasteiger partial charge < -0.3 is 24.5 Å². The van der Waals surface area contributed by atoms with Crippen molar-refractivity contribution in [3.63, 3.8) is 0 Å². The first kappa shape index (κ1) is 24.4. The van der Waals surface area contributed by atoms with Gasteiger partial charge in [-0.25, -0.2) is 9.59 Å². The van der Waals surface area contributed by atoms with E-state index in [4.69, 9.17) is 9.47 Å². The maximum atomic E-state index is 13.0. The Morgan fingerprint density at radius 1 is 1.19 bits per heavy atom. The summed E-state index contributed by atoms with van der Waals surface area (Å²) in [5, 5.41) is 12.9. The lowest BCUT2D eigenvalue weighted by molar-refractivity contribution is 0.0499. The summed E-state index contributed by atoms with van der Waals surface area (Å²) in [6.07, 6.45) is 5.59. The molecule has 1 saturated carbocycles. The number of alkyl carbamates (subject to hydrolysis) is 1. The summed E-state index contributed by atoms with van der Waals surface area (Å²) in [5.74, 6) is -0.669. The second kappa shape index (κ2) is 8.96. The Bertz CT molecular complexity index is 1430. The number of carboxylic acids is 1. The van der Waals surface area contributed by atoms with E-state index in [-0.39, 0.29) is 17.6 Å². The van der Waals surface area contributed by atoms with Crippen molar-refractivity contribution in [3.8, 4) is 16.2 Å². The van der Waals surface area contributed by atoms with Crippen LogP contribution in [0.3, 0.4) is 0 Å². The first-order valence-electron chi connectivity index (χ1n) is 12.2. The highest BCUT2D eigenvalue weighted by atomic mass is 32.1. The number of carbonyl (C=O) groups excluding carboxylic acids is 1. The molecule has 2 aliphatic rings. The third kappa shape index (κ3) is 4.48. The molecule has 0 bridgehead atoms. The van der Waals surface area contributed by atoms with Crippen molar-refractivity contribution in [3.05, 3.63) is 50.6 Å². The fraction of sp³-hybridized carbons (Fsp3) is 0.444. The van der Waals surface area contributed by atoms with E-state index in [0.717, 1.165) is 47.4 Å². The number of aryl methyl sites for hydroxylation is 1. The Kier molecular flexibility index (Phi) is 6.06. The summed E-state index contributed by atoms with van der Waals surface area (Å²) >= 11 is 1.60. The lowest BCUT2D eigenvalue weighted by Gasteiger charge is -2.26. The average Bonchev–Trinajstić information content (AvgIpc) is 3.55. The summed E-state index contributed by atoms with van der Waals surface area (Å²) in [7, 11) is 1.57. The summed E-state index contributed by atoms with van der Waals surface area (Å²) in [5.41, 5.74) is 1.35. The Hall–Kier alpha value is -3.33. The molecule has 2 heterocycles. The SMILES string of the molecule is COc1c(-c2cc3c(s2)C(NC(=O)OC(C)(C)C)CCC3)ccc2c(=O)c(C(=O)O)cn(C3CC3)c12. The standard InChI is InChI=1S/C27H30N2O6S/c1-27(2,3)35-26(33)28-19-7-5-6-14-12-20(36-24(14)19)16-10-11-17-21(23(16)34-4)29(15-8-9-15)13-18(22(17)30)25(31)32/h10-13,15,19H,5-9H2,1-4H3,(H,28,33)(H,31,32). The summed E-state index contributed by atoms with van der Waals surface area (Å²) in [6.45, 7) is 5.53. The van der Waals surface area contributed by atoms with Gasteiger partial charge in [-0.1, -0.05) is 0 Å². The second-order valence-electron chi connectivity index (χ2n) is 10.4. The van der Waals surface area contributed by atoms with E-state index < -0.39 is 23.1 Å². The van der Waals surface area contributed by atoms with Gasteiger partial charge in [0.05, 0.1) is 24.1 Å². The molecule has 2 aliphatic carbocycles. The molecule has 36 heavy (non-hydrogen) atoms. The lowest BCUT2D eigenvalue weighted by Crippen LogP contribution is -2.35. The number of aromatic nitrogens is 1. The fourth-order valence-electron chi connectivity index (χ4n) is 4.89. The molecular formula is C27H30N2O6S. The molecule has 1 unspecified atom stereocenters. The smallest absolute Gasteiger partial charge is 0.408 e. The number of carboxylic acid groups (broad SMARTS) is 1. The van der Waals surface area contributed by atoms with Crippen LogP contribution in [-0.4, -0.2) is 34.4 Å². The van der Waals surface area contributed by atoms with Crippen LogP contribution in [0.1, 0.15) is 79.3 Å². The Balaban J connectivity index is 1.59. The number of fused-ring (bicyclic) bond motifs is 2. The van der Waals surface area contributed by atoms with E-state index in [1.54, 1.807) is 24.5 Å². The van der Waals surface area contributed by atoms with Crippen molar-refractivity contribution in [2.45, 2.75) is 70.6 Å². The van der Waals surface area contributed by atoms with Gasteiger partial charge in [0.1, 0.15) is 11.2 Å². The van der Waals surface area contributed by atoms with Gasteiger partial charge in [0.15, 0.2) is 5.75 Å². The number of nitrogens with one attached hydrogen (secondary N) is 1. The number of hydrogen-bond acceptors (Lipinski definition) is 6. The van der Waals surface area contributed by atoms with Crippen LogP contribution < -0.4 is 15.5 Å². The number of pyridine rings is 1. The van der Waals surface area contributed by atoms with Gasteiger partial charge in [0.2, 0.25) is 5.43 Å². The number of methoxy groups -OCH3 is 1. The minimum atomic E-state index is -1.23. The van der Waals surface area contributed by atoms with E-state index in [1.165, 1.54) is 11.8 Å². The highest BCUT2D eigenvalue weighted by molar-refractivity contribution is 7.15. The van der Waals surface area contributed by atoms with Gasteiger partial charge in [-0.3, -0.25) is 4.79 Å². The van der Waals surface area contributed by atoms with Crippen molar-refractivity contribution < 1.29 is 24.2 Å². The van der Waals surface area contributed by atoms with Crippen LogP contribution in [-0.2, 0) is 11.2 Å². The van der Waals surface area contributed by atoms with Crippen LogP contribution in [0.25, 0.3) is 21.3 Å². The molecule has 0 aliphatic heterocycles. The second-order valence-corrected chi connectivity index (χ2v) is 11.5. The molecule has 0 spiro atoms. The van der Waals surface area contributed by atoms with Crippen molar-refractivity contribution in [1.82, 2.24) is 9.88 Å². The molecule has 0 saturated heterocycles. The highest BCUT2D eigenvalue weighted by Crippen LogP contribution is 2.46. The topological polar surface area (TPSA) is 107 Å². The monoisotopic (exact) mass is 510 g/mol. The number of aromatic carboxylic acids is 1. The number of ether oxygens (including phenoxy) is 2. The van der Waals surface area contributed by atoms with Crippen molar-refractivity contribution in [1.29, 1.82) is 0 Å². The molecule has 2 aromatic heterocycles. The molecule has 1 fully saturated rings. The Morgan fingerprint density at radius 3 is 2.58 bits per heavy atom. The van der Waals surface area contributed by atoms with Crippen LogP contribution in [0.5, 0.6) is 5.75 Å². The first-order valence-corrected chi connectivity index (χ1v) is 13.0. The first-order chi connectivity index (χ1) is 17.1. The van der Waals surface area contributed by atoms with E-state index >= 15 is 0 Å². The molecule has 9 heteroatoms. The maximum Gasteiger partial charge on any atom is 0.408 e. The normalized spacial score (nSPS) is 17.5. The maximum absolute atomic E-state index is 13.0.